The Morgan fingerprint density at radius 2 is 1.75 bits per heavy atom. The van der Waals surface area contributed by atoms with Gasteiger partial charge in [0.1, 0.15) is 0 Å². The van der Waals surface area contributed by atoms with E-state index in [0.29, 0.717) is 6.04 Å². The molecule has 0 aromatic heterocycles. The molecule has 1 nitrogen and oxygen atoms in total. The van der Waals surface area contributed by atoms with Gasteiger partial charge in [0.05, 0.1) is 0 Å². The Labute approximate surface area is 76.7 Å². The highest BCUT2D eigenvalue weighted by Gasteiger charge is 2.23. The zero-order valence-electron chi connectivity index (χ0n) is 8.55. The van der Waals surface area contributed by atoms with E-state index in [0.717, 1.165) is 18.3 Å². The molecule has 0 amide bonds. The third kappa shape index (κ3) is 2.48. The predicted octanol–water partition coefficient (Wildman–Crippen LogP) is 2.94. The lowest BCUT2D eigenvalue weighted by molar-refractivity contribution is 0.236. The molecule has 0 spiro atoms. The maximum Gasteiger partial charge on any atom is 0.00645 e. The van der Waals surface area contributed by atoms with Crippen molar-refractivity contribution < 1.29 is 0 Å². The SMILES string of the molecule is CCC1CCC([C@@H](N)CC)CC1. The normalized spacial score (nSPS) is 33.2. The fourth-order valence-corrected chi connectivity index (χ4v) is 2.36. The van der Waals surface area contributed by atoms with Gasteiger partial charge in [-0.3, -0.25) is 0 Å². The van der Waals surface area contributed by atoms with E-state index in [1.165, 1.54) is 32.1 Å². The lowest BCUT2D eigenvalue weighted by Gasteiger charge is -2.31. The highest BCUT2D eigenvalue weighted by atomic mass is 14.6. The summed E-state index contributed by atoms with van der Waals surface area (Å²) in [5, 5.41) is 0. The summed E-state index contributed by atoms with van der Waals surface area (Å²) >= 11 is 0. The Kier molecular flexibility index (Phi) is 4.07. The maximum absolute atomic E-state index is 6.03. The minimum absolute atomic E-state index is 0.475. The molecule has 1 saturated carbocycles. The van der Waals surface area contributed by atoms with Crippen LogP contribution in [0.1, 0.15) is 52.4 Å². The molecule has 1 aliphatic carbocycles. The number of rotatable bonds is 3. The standard InChI is InChI=1S/C11H23N/c1-3-9-5-7-10(8-6-9)11(12)4-2/h9-11H,3-8,12H2,1-2H3/t9?,10?,11-/m0/s1. The molecule has 1 fully saturated rings. The second-order valence-electron chi connectivity index (χ2n) is 4.26. The molecule has 0 aliphatic heterocycles. The van der Waals surface area contributed by atoms with E-state index in [1.54, 1.807) is 0 Å². The molecule has 1 aliphatic rings. The van der Waals surface area contributed by atoms with Gasteiger partial charge in [-0.1, -0.05) is 33.1 Å². The summed E-state index contributed by atoms with van der Waals surface area (Å²) in [7, 11) is 0. The fraction of sp³-hybridized carbons (Fsp3) is 1.00. The molecule has 1 atom stereocenters. The first-order chi connectivity index (χ1) is 5.77. The van der Waals surface area contributed by atoms with Gasteiger partial charge in [0.15, 0.2) is 0 Å². The highest BCUT2D eigenvalue weighted by Crippen LogP contribution is 2.32. The van der Waals surface area contributed by atoms with Gasteiger partial charge >= 0.3 is 0 Å². The molecule has 0 aromatic rings. The second kappa shape index (κ2) is 4.86. The van der Waals surface area contributed by atoms with E-state index in [1.807, 2.05) is 0 Å². The van der Waals surface area contributed by atoms with Crippen molar-refractivity contribution in [2.45, 2.75) is 58.4 Å². The Balaban J connectivity index is 2.25. The smallest absolute Gasteiger partial charge is 0.00645 e. The molecule has 0 bridgehead atoms. The van der Waals surface area contributed by atoms with Crippen LogP contribution in [0.3, 0.4) is 0 Å². The monoisotopic (exact) mass is 169 g/mol. The summed E-state index contributed by atoms with van der Waals surface area (Å²) in [5.41, 5.74) is 6.03. The van der Waals surface area contributed by atoms with Crippen LogP contribution in [0.5, 0.6) is 0 Å². The molecule has 0 heterocycles. The predicted molar refractivity (Wildman–Crippen MR) is 54.0 cm³/mol. The van der Waals surface area contributed by atoms with E-state index < -0.39 is 0 Å². The van der Waals surface area contributed by atoms with Crippen LogP contribution < -0.4 is 5.73 Å². The van der Waals surface area contributed by atoms with Gasteiger partial charge in [0.2, 0.25) is 0 Å². The lowest BCUT2D eigenvalue weighted by atomic mass is 9.77. The summed E-state index contributed by atoms with van der Waals surface area (Å²) < 4.78 is 0. The summed E-state index contributed by atoms with van der Waals surface area (Å²) in [6, 6.07) is 0.475. The van der Waals surface area contributed by atoms with Gasteiger partial charge in [-0.2, -0.15) is 0 Å². The van der Waals surface area contributed by atoms with Gasteiger partial charge in [-0.15, -0.1) is 0 Å². The van der Waals surface area contributed by atoms with E-state index in [4.69, 9.17) is 5.73 Å². The van der Waals surface area contributed by atoms with Crippen molar-refractivity contribution in [2.24, 2.45) is 17.6 Å². The summed E-state index contributed by atoms with van der Waals surface area (Å²) in [6.45, 7) is 4.52. The molecule has 0 aromatic carbocycles. The molecular weight excluding hydrogens is 146 g/mol. The van der Waals surface area contributed by atoms with Crippen molar-refractivity contribution in [3.8, 4) is 0 Å². The van der Waals surface area contributed by atoms with Crippen molar-refractivity contribution in [3.05, 3.63) is 0 Å². The number of hydrogen-bond acceptors (Lipinski definition) is 1. The Morgan fingerprint density at radius 1 is 1.17 bits per heavy atom. The lowest BCUT2D eigenvalue weighted by Crippen LogP contribution is -2.32. The molecule has 1 heteroatoms. The van der Waals surface area contributed by atoms with Gasteiger partial charge in [-0.05, 0) is 31.1 Å². The molecule has 0 unspecified atom stereocenters. The zero-order chi connectivity index (χ0) is 8.97. The fourth-order valence-electron chi connectivity index (χ4n) is 2.36. The van der Waals surface area contributed by atoms with Crippen LogP contribution >= 0.6 is 0 Å². The first-order valence-corrected chi connectivity index (χ1v) is 5.53. The average molecular weight is 169 g/mol. The first-order valence-electron chi connectivity index (χ1n) is 5.53. The topological polar surface area (TPSA) is 26.0 Å². The quantitative estimate of drug-likeness (QED) is 0.690. The minimum atomic E-state index is 0.475. The Bertz CT molecular complexity index is 114. The minimum Gasteiger partial charge on any atom is -0.327 e. The molecule has 12 heavy (non-hydrogen) atoms. The first kappa shape index (κ1) is 10.0. The molecule has 0 radical (unpaired) electrons. The van der Waals surface area contributed by atoms with E-state index >= 15 is 0 Å². The Morgan fingerprint density at radius 3 is 2.17 bits per heavy atom. The van der Waals surface area contributed by atoms with Gasteiger partial charge in [-0.25, -0.2) is 0 Å². The van der Waals surface area contributed by atoms with Crippen molar-refractivity contribution in [2.75, 3.05) is 0 Å². The number of hydrogen-bond donors (Lipinski definition) is 1. The zero-order valence-corrected chi connectivity index (χ0v) is 8.55. The van der Waals surface area contributed by atoms with Gasteiger partial charge in [0.25, 0.3) is 0 Å². The summed E-state index contributed by atoms with van der Waals surface area (Å²) in [5.74, 6) is 1.84. The van der Waals surface area contributed by atoms with Gasteiger partial charge < -0.3 is 5.73 Å². The molecule has 72 valence electrons. The largest absolute Gasteiger partial charge is 0.327 e. The van der Waals surface area contributed by atoms with Gasteiger partial charge in [0, 0.05) is 6.04 Å². The van der Waals surface area contributed by atoms with Crippen molar-refractivity contribution in [3.63, 3.8) is 0 Å². The van der Waals surface area contributed by atoms with Crippen molar-refractivity contribution in [1.82, 2.24) is 0 Å². The number of nitrogens with two attached hydrogens (primary N) is 1. The third-order valence-corrected chi connectivity index (χ3v) is 3.55. The third-order valence-electron chi connectivity index (χ3n) is 3.55. The van der Waals surface area contributed by atoms with Crippen LogP contribution in [-0.4, -0.2) is 6.04 Å². The van der Waals surface area contributed by atoms with Crippen LogP contribution in [0.2, 0.25) is 0 Å². The van der Waals surface area contributed by atoms with Crippen molar-refractivity contribution in [1.29, 1.82) is 0 Å². The van der Waals surface area contributed by atoms with Crippen LogP contribution in [0.15, 0.2) is 0 Å². The van der Waals surface area contributed by atoms with E-state index in [2.05, 4.69) is 13.8 Å². The van der Waals surface area contributed by atoms with Crippen molar-refractivity contribution >= 4 is 0 Å². The van der Waals surface area contributed by atoms with Crippen LogP contribution in [-0.2, 0) is 0 Å². The molecule has 0 saturated heterocycles. The molecular formula is C11H23N. The molecule has 2 N–H and O–H groups in total. The summed E-state index contributed by atoms with van der Waals surface area (Å²) in [6.07, 6.45) is 8.14. The van der Waals surface area contributed by atoms with E-state index in [9.17, 15) is 0 Å². The van der Waals surface area contributed by atoms with Crippen LogP contribution in [0.25, 0.3) is 0 Å². The Hall–Kier alpha value is -0.0400. The maximum atomic E-state index is 6.03. The molecule has 1 rings (SSSR count). The summed E-state index contributed by atoms with van der Waals surface area (Å²) in [4.78, 5) is 0. The second-order valence-corrected chi connectivity index (χ2v) is 4.26. The average Bonchev–Trinajstić information content (AvgIpc) is 2.17. The highest BCUT2D eigenvalue weighted by molar-refractivity contribution is 4.78. The van der Waals surface area contributed by atoms with Crippen LogP contribution in [0, 0.1) is 11.8 Å². The van der Waals surface area contributed by atoms with Crippen LogP contribution in [0.4, 0.5) is 0 Å². The van der Waals surface area contributed by atoms with E-state index in [-0.39, 0.29) is 0 Å².